The van der Waals surface area contributed by atoms with E-state index in [1.165, 1.54) is 12.6 Å². The van der Waals surface area contributed by atoms with Crippen molar-refractivity contribution in [2.45, 2.75) is 57.6 Å². The Labute approximate surface area is 182 Å². The number of rotatable bonds is 5. The fourth-order valence-corrected chi connectivity index (χ4v) is 4.10. The predicted octanol–water partition coefficient (Wildman–Crippen LogP) is 3.86. The molecule has 0 bridgehead atoms. The van der Waals surface area contributed by atoms with Crippen molar-refractivity contribution in [1.29, 1.82) is 0 Å². The molecule has 1 saturated heterocycles. The van der Waals surface area contributed by atoms with Crippen LogP contribution in [0.3, 0.4) is 0 Å². The zero-order chi connectivity index (χ0) is 21.3. The summed E-state index contributed by atoms with van der Waals surface area (Å²) in [7, 11) is 0. The number of fused-ring (bicyclic) bond motifs is 1. The van der Waals surface area contributed by atoms with E-state index in [4.69, 9.17) is 22.3 Å². The second kappa shape index (κ2) is 8.40. The Morgan fingerprint density at radius 3 is 2.73 bits per heavy atom. The lowest BCUT2D eigenvalue weighted by molar-refractivity contribution is 0.0351. The van der Waals surface area contributed by atoms with Gasteiger partial charge in [-0.15, -0.1) is 0 Å². The molecule has 0 atom stereocenters. The van der Waals surface area contributed by atoms with Crippen LogP contribution in [0, 0.1) is 0 Å². The van der Waals surface area contributed by atoms with Gasteiger partial charge in [0.25, 0.3) is 0 Å². The number of nitrogens with two attached hydrogens (primary N) is 1. The minimum absolute atomic E-state index is 0.397. The van der Waals surface area contributed by atoms with E-state index in [2.05, 4.69) is 20.2 Å². The lowest BCUT2D eigenvalue weighted by atomic mass is 9.93. The molecule has 2 aliphatic rings. The van der Waals surface area contributed by atoms with Crippen molar-refractivity contribution in [2.24, 2.45) is 10.7 Å². The molecule has 7 nitrogen and oxygen atoms in total. The highest BCUT2D eigenvalue weighted by Gasteiger charge is 2.28. The number of hydrogen-bond acceptors (Lipinski definition) is 7. The number of halogens is 1. The number of nitrogens with one attached hydrogen (secondary N) is 1. The Bertz CT molecular complexity index is 989. The topological polar surface area (TPSA) is 99.7 Å². The zero-order valence-electron chi connectivity index (χ0n) is 17.5. The first-order valence-corrected chi connectivity index (χ1v) is 10.9. The van der Waals surface area contributed by atoms with Gasteiger partial charge in [0.2, 0.25) is 5.95 Å². The largest absolute Gasteiger partial charge is 0.403 e. The van der Waals surface area contributed by atoms with Gasteiger partial charge < -0.3 is 21.1 Å². The van der Waals surface area contributed by atoms with Crippen molar-refractivity contribution >= 4 is 39.9 Å². The molecule has 30 heavy (non-hydrogen) atoms. The standard InChI is InChI=1S/C22H29ClN6O/c1-14(26-16-4-3-5-16)19(12-24)28-21-25-13-15-10-17(23)20(11-18(15)27-21)29-8-6-22(2,30)7-9-29/h10-13,16,30H,3-9,24H2,1-2H3,(H,25,27,28)/b19-12+,26-14?. The van der Waals surface area contributed by atoms with Crippen molar-refractivity contribution in [3.8, 4) is 0 Å². The number of anilines is 2. The van der Waals surface area contributed by atoms with Gasteiger partial charge in [0.15, 0.2) is 0 Å². The van der Waals surface area contributed by atoms with Gasteiger partial charge in [0.1, 0.15) is 0 Å². The zero-order valence-corrected chi connectivity index (χ0v) is 18.3. The number of aliphatic hydroxyl groups is 1. The highest BCUT2D eigenvalue weighted by molar-refractivity contribution is 6.34. The number of aromatic nitrogens is 2. The van der Waals surface area contributed by atoms with Gasteiger partial charge in [-0.2, -0.15) is 0 Å². The van der Waals surface area contributed by atoms with Crippen molar-refractivity contribution in [3.63, 3.8) is 0 Å². The summed E-state index contributed by atoms with van der Waals surface area (Å²) in [6.45, 7) is 5.35. The van der Waals surface area contributed by atoms with E-state index in [1.807, 2.05) is 26.0 Å². The van der Waals surface area contributed by atoms with Crippen LogP contribution in [0.25, 0.3) is 10.9 Å². The fraction of sp³-hybridized carbons (Fsp3) is 0.500. The summed E-state index contributed by atoms with van der Waals surface area (Å²) >= 11 is 6.55. The molecule has 8 heteroatoms. The number of nitrogens with zero attached hydrogens (tertiary/aromatic N) is 4. The molecule has 2 heterocycles. The van der Waals surface area contributed by atoms with Crippen LogP contribution in [0.5, 0.6) is 0 Å². The lowest BCUT2D eigenvalue weighted by Gasteiger charge is -2.37. The van der Waals surface area contributed by atoms with Gasteiger partial charge >= 0.3 is 0 Å². The minimum atomic E-state index is -0.608. The SMILES string of the molecule is CC(=NC1CCC1)/C(=C\N)Nc1ncc2cc(Cl)c(N3CCC(C)(O)CC3)cc2n1. The van der Waals surface area contributed by atoms with Crippen molar-refractivity contribution in [3.05, 3.63) is 35.2 Å². The molecule has 2 aromatic rings. The highest BCUT2D eigenvalue weighted by atomic mass is 35.5. The van der Waals surface area contributed by atoms with E-state index in [-0.39, 0.29) is 0 Å². The maximum absolute atomic E-state index is 10.2. The number of piperidine rings is 1. The number of hydrogen-bond donors (Lipinski definition) is 3. The van der Waals surface area contributed by atoms with Crippen molar-refractivity contribution in [2.75, 3.05) is 23.3 Å². The Balaban J connectivity index is 1.57. The third-order valence-corrected chi connectivity index (χ3v) is 6.39. The van der Waals surface area contributed by atoms with E-state index >= 15 is 0 Å². The van der Waals surface area contributed by atoms with Crippen LogP contribution in [0.1, 0.15) is 46.0 Å². The van der Waals surface area contributed by atoms with E-state index in [9.17, 15) is 5.11 Å². The van der Waals surface area contributed by atoms with Crippen LogP contribution in [0.4, 0.5) is 11.6 Å². The lowest BCUT2D eigenvalue weighted by Crippen LogP contribution is -2.42. The normalized spacial score (nSPS) is 20.3. The van der Waals surface area contributed by atoms with Gasteiger partial charge in [0, 0.05) is 30.9 Å². The minimum Gasteiger partial charge on any atom is -0.403 e. The molecule has 1 aliphatic heterocycles. The van der Waals surface area contributed by atoms with Crippen molar-refractivity contribution < 1.29 is 5.11 Å². The fourth-order valence-electron chi connectivity index (χ4n) is 3.80. The molecule has 1 aromatic heterocycles. The first-order chi connectivity index (χ1) is 14.3. The van der Waals surface area contributed by atoms with Crippen LogP contribution < -0.4 is 16.0 Å². The van der Waals surface area contributed by atoms with Crippen LogP contribution in [-0.4, -0.2) is 45.5 Å². The maximum Gasteiger partial charge on any atom is 0.227 e. The molecular weight excluding hydrogens is 400 g/mol. The van der Waals surface area contributed by atoms with E-state index in [1.54, 1.807) is 6.20 Å². The highest BCUT2D eigenvalue weighted by Crippen LogP contribution is 2.34. The molecule has 0 spiro atoms. The number of benzene rings is 1. The second-order valence-electron chi connectivity index (χ2n) is 8.54. The average molecular weight is 429 g/mol. The van der Waals surface area contributed by atoms with Gasteiger partial charge in [0.05, 0.1) is 39.3 Å². The van der Waals surface area contributed by atoms with Gasteiger partial charge in [-0.05, 0) is 58.1 Å². The van der Waals surface area contributed by atoms with E-state index in [0.29, 0.717) is 35.6 Å². The third-order valence-electron chi connectivity index (χ3n) is 6.08. The van der Waals surface area contributed by atoms with Crippen LogP contribution in [0.15, 0.2) is 35.2 Å². The smallest absolute Gasteiger partial charge is 0.227 e. The predicted molar refractivity (Wildman–Crippen MR) is 123 cm³/mol. The van der Waals surface area contributed by atoms with E-state index in [0.717, 1.165) is 48.2 Å². The summed E-state index contributed by atoms with van der Waals surface area (Å²) in [5, 5.41) is 15.0. The molecule has 1 aliphatic carbocycles. The molecule has 0 unspecified atom stereocenters. The van der Waals surface area contributed by atoms with Gasteiger partial charge in [-0.3, -0.25) is 4.99 Å². The summed E-state index contributed by atoms with van der Waals surface area (Å²) in [5.41, 5.74) is 8.53. The molecule has 4 rings (SSSR count). The van der Waals surface area contributed by atoms with Crippen LogP contribution in [0.2, 0.25) is 5.02 Å². The Morgan fingerprint density at radius 2 is 2.10 bits per heavy atom. The molecule has 4 N–H and O–H groups in total. The molecule has 160 valence electrons. The van der Waals surface area contributed by atoms with Crippen molar-refractivity contribution in [1.82, 2.24) is 9.97 Å². The first-order valence-electron chi connectivity index (χ1n) is 10.5. The summed E-state index contributed by atoms with van der Waals surface area (Å²) in [4.78, 5) is 16.0. The molecule has 1 saturated carbocycles. The summed E-state index contributed by atoms with van der Waals surface area (Å²) in [6, 6.07) is 4.28. The summed E-state index contributed by atoms with van der Waals surface area (Å²) < 4.78 is 0. The first kappa shape index (κ1) is 20.9. The molecule has 2 fully saturated rings. The van der Waals surface area contributed by atoms with Gasteiger partial charge in [-0.1, -0.05) is 11.6 Å². The molecule has 0 radical (unpaired) electrons. The number of aliphatic imine (C=N–C) groups is 1. The average Bonchev–Trinajstić information content (AvgIpc) is 2.68. The third kappa shape index (κ3) is 4.52. The molecule has 1 aromatic carbocycles. The number of allylic oxidation sites excluding steroid dienone is 1. The maximum atomic E-state index is 10.2. The van der Waals surface area contributed by atoms with E-state index < -0.39 is 5.60 Å². The quantitative estimate of drug-likeness (QED) is 0.625. The summed E-state index contributed by atoms with van der Waals surface area (Å²) in [6.07, 6.45) is 8.20. The Hall–Kier alpha value is -2.38. The van der Waals surface area contributed by atoms with Gasteiger partial charge in [-0.25, -0.2) is 9.97 Å². The Morgan fingerprint density at radius 1 is 1.37 bits per heavy atom. The van der Waals surface area contributed by atoms with Crippen LogP contribution >= 0.6 is 11.6 Å². The monoisotopic (exact) mass is 428 g/mol. The Kier molecular flexibility index (Phi) is 5.84. The molecular formula is C22H29ClN6O. The van der Waals surface area contributed by atoms with Crippen LogP contribution in [-0.2, 0) is 0 Å². The molecule has 0 amide bonds. The second-order valence-corrected chi connectivity index (χ2v) is 8.95. The summed E-state index contributed by atoms with van der Waals surface area (Å²) in [5.74, 6) is 0.470.